The summed E-state index contributed by atoms with van der Waals surface area (Å²) in [7, 11) is 0. The summed E-state index contributed by atoms with van der Waals surface area (Å²) in [5.74, 6) is 0. The molecule has 0 fully saturated rings. The van der Waals surface area contributed by atoms with E-state index < -0.39 is 16.2 Å². The third-order valence-electron chi connectivity index (χ3n) is 4.13. The van der Waals surface area contributed by atoms with Crippen LogP contribution in [-0.2, 0) is 0 Å². The van der Waals surface area contributed by atoms with Crippen molar-refractivity contribution in [3.05, 3.63) is 0 Å². The van der Waals surface area contributed by atoms with Crippen molar-refractivity contribution >= 4 is 16.2 Å². The van der Waals surface area contributed by atoms with Crippen molar-refractivity contribution in [3.63, 3.8) is 0 Å². The minimum atomic E-state index is -0.878. The molecule has 0 rings (SSSR count). The van der Waals surface area contributed by atoms with Gasteiger partial charge < -0.3 is 0 Å². The zero-order valence-electron chi connectivity index (χ0n) is 13.5. The monoisotopic (exact) mass is 312 g/mol. The molecule has 0 atom stereocenters. The van der Waals surface area contributed by atoms with Crippen LogP contribution in [0.25, 0.3) is 0 Å². The van der Waals surface area contributed by atoms with Gasteiger partial charge in [-0.1, -0.05) is 0 Å². The third kappa shape index (κ3) is 9.48. The molecule has 0 aromatic heterocycles. The molecule has 0 radical (unpaired) electrons. The number of nitrogens with zero attached hydrogens (tertiary/aromatic N) is 2. The van der Waals surface area contributed by atoms with Gasteiger partial charge in [-0.15, -0.1) is 0 Å². The SMILES string of the molecule is CCN(CC)CC[CH2][Ga]([CH3])[CH2]CCN(CC)CC. The Labute approximate surface area is 121 Å². The molecular weight excluding hydrogens is 278 g/mol. The Kier molecular flexibility index (Phi) is 13.0. The Morgan fingerprint density at radius 1 is 0.667 bits per heavy atom. The summed E-state index contributed by atoms with van der Waals surface area (Å²) in [5.41, 5.74) is 2.61. The van der Waals surface area contributed by atoms with Gasteiger partial charge in [0.15, 0.2) is 0 Å². The van der Waals surface area contributed by atoms with Crippen molar-refractivity contribution in [3.8, 4) is 0 Å². The van der Waals surface area contributed by atoms with Gasteiger partial charge in [-0.25, -0.2) is 0 Å². The quantitative estimate of drug-likeness (QED) is 0.508. The van der Waals surface area contributed by atoms with Crippen LogP contribution in [0.2, 0.25) is 15.4 Å². The third-order valence-corrected chi connectivity index (χ3v) is 9.98. The first-order valence-electron chi connectivity index (χ1n) is 8.12. The molecule has 0 saturated carbocycles. The van der Waals surface area contributed by atoms with Gasteiger partial charge in [-0.2, -0.15) is 0 Å². The molecule has 0 heterocycles. The van der Waals surface area contributed by atoms with Crippen molar-refractivity contribution in [1.29, 1.82) is 0 Å². The van der Waals surface area contributed by atoms with Gasteiger partial charge in [0.25, 0.3) is 0 Å². The summed E-state index contributed by atoms with van der Waals surface area (Å²) < 4.78 is 0. The summed E-state index contributed by atoms with van der Waals surface area (Å²) in [4.78, 5) is 8.29. The zero-order valence-corrected chi connectivity index (χ0v) is 16.0. The summed E-state index contributed by atoms with van der Waals surface area (Å²) in [6, 6.07) is 0. The van der Waals surface area contributed by atoms with Gasteiger partial charge in [0.2, 0.25) is 0 Å². The van der Waals surface area contributed by atoms with Crippen molar-refractivity contribution in [2.24, 2.45) is 0 Å². The van der Waals surface area contributed by atoms with Crippen LogP contribution in [0, 0.1) is 0 Å². The van der Waals surface area contributed by atoms with Crippen molar-refractivity contribution in [2.75, 3.05) is 39.3 Å². The fourth-order valence-electron chi connectivity index (χ4n) is 2.55. The van der Waals surface area contributed by atoms with Gasteiger partial charge in [0, 0.05) is 0 Å². The summed E-state index contributed by atoms with van der Waals surface area (Å²) in [6.07, 6.45) is 2.90. The molecule has 0 N–H and O–H groups in total. The molecule has 0 aliphatic carbocycles. The van der Waals surface area contributed by atoms with Crippen LogP contribution < -0.4 is 0 Å². The van der Waals surface area contributed by atoms with Crippen molar-refractivity contribution in [1.82, 2.24) is 9.80 Å². The second-order valence-electron chi connectivity index (χ2n) is 5.44. The van der Waals surface area contributed by atoms with Crippen LogP contribution in [0.15, 0.2) is 0 Å². The van der Waals surface area contributed by atoms with Crippen LogP contribution in [-0.4, -0.2) is 65.3 Å². The van der Waals surface area contributed by atoms with E-state index >= 15 is 0 Å². The second kappa shape index (κ2) is 12.6. The number of hydrogen-bond donors (Lipinski definition) is 0. The van der Waals surface area contributed by atoms with Gasteiger partial charge >= 0.3 is 121 Å². The number of rotatable bonds is 12. The summed E-state index contributed by atoms with van der Waals surface area (Å²) in [6.45, 7) is 16.7. The Hall–Kier alpha value is 0.556. The molecule has 0 aliphatic heterocycles. The van der Waals surface area contributed by atoms with E-state index in [0.29, 0.717) is 0 Å². The van der Waals surface area contributed by atoms with E-state index in [2.05, 4.69) is 43.0 Å². The van der Waals surface area contributed by atoms with E-state index in [4.69, 9.17) is 0 Å². The van der Waals surface area contributed by atoms with Crippen LogP contribution in [0.1, 0.15) is 40.5 Å². The van der Waals surface area contributed by atoms with E-state index in [0.717, 1.165) is 0 Å². The van der Waals surface area contributed by atoms with E-state index in [1.54, 1.807) is 9.95 Å². The zero-order chi connectivity index (χ0) is 13.8. The molecule has 0 unspecified atom stereocenters. The van der Waals surface area contributed by atoms with Gasteiger partial charge in [-0.3, -0.25) is 0 Å². The van der Waals surface area contributed by atoms with Gasteiger partial charge in [0.1, 0.15) is 0 Å². The van der Waals surface area contributed by atoms with Crippen LogP contribution in [0.4, 0.5) is 0 Å². The minimum absolute atomic E-state index is 0.878. The molecule has 3 heteroatoms. The maximum absolute atomic E-state index is 2.61. The Balaban J connectivity index is 3.50. The first-order chi connectivity index (χ1) is 8.67. The predicted molar refractivity (Wildman–Crippen MR) is 86.0 cm³/mol. The molecule has 2 nitrogen and oxygen atoms in total. The molecule has 0 bridgehead atoms. The van der Waals surface area contributed by atoms with Crippen LogP contribution in [0.5, 0.6) is 0 Å². The molecule has 0 aromatic rings. The molecule has 0 amide bonds. The Bertz CT molecular complexity index is 150. The Morgan fingerprint density at radius 2 is 1.00 bits per heavy atom. The first kappa shape index (κ1) is 18.6. The first-order valence-corrected chi connectivity index (χ1v) is 14.0. The molecule has 0 saturated heterocycles. The predicted octanol–water partition coefficient (Wildman–Crippen LogP) is 3.57. The standard InChI is InChI=1S/2C7H16N.CH3.Ga/c2*1-4-7-8(5-2)6-3;;/h2*1,4-7H2,2-3H3;1H3;. The van der Waals surface area contributed by atoms with Crippen LogP contribution >= 0.6 is 0 Å². The van der Waals surface area contributed by atoms with Crippen molar-refractivity contribution < 1.29 is 0 Å². The number of hydrogen-bond acceptors (Lipinski definition) is 2. The summed E-state index contributed by atoms with van der Waals surface area (Å²) >= 11 is -0.878. The second-order valence-corrected chi connectivity index (χ2v) is 12.5. The average Bonchev–Trinajstić information content (AvgIpc) is 2.40. The Morgan fingerprint density at radius 3 is 1.28 bits per heavy atom. The fraction of sp³-hybridized carbons (Fsp3) is 1.00. The molecule has 18 heavy (non-hydrogen) atoms. The van der Waals surface area contributed by atoms with Gasteiger partial charge in [0.05, 0.1) is 0 Å². The molecular formula is C15H35GaN2. The topological polar surface area (TPSA) is 6.48 Å². The van der Waals surface area contributed by atoms with E-state index in [-0.39, 0.29) is 0 Å². The maximum atomic E-state index is 2.61. The average molecular weight is 313 g/mol. The fourth-order valence-corrected chi connectivity index (χ4v) is 6.85. The van der Waals surface area contributed by atoms with Crippen LogP contribution in [0.3, 0.4) is 0 Å². The molecule has 0 spiro atoms. The van der Waals surface area contributed by atoms with E-state index in [1.807, 2.05) is 0 Å². The van der Waals surface area contributed by atoms with Crippen molar-refractivity contribution in [2.45, 2.75) is 56.0 Å². The van der Waals surface area contributed by atoms with E-state index in [1.165, 1.54) is 52.1 Å². The van der Waals surface area contributed by atoms with E-state index in [9.17, 15) is 0 Å². The molecule has 108 valence electrons. The summed E-state index contributed by atoms with van der Waals surface area (Å²) in [5, 5.41) is 0. The normalized spacial score (nSPS) is 11.5. The van der Waals surface area contributed by atoms with Gasteiger partial charge in [-0.05, 0) is 0 Å². The molecule has 0 aromatic carbocycles. The molecule has 0 aliphatic rings.